The molecular formula is C22H22N2O6. The van der Waals surface area contributed by atoms with E-state index in [4.69, 9.17) is 4.74 Å². The van der Waals surface area contributed by atoms with Crippen LogP contribution in [0.25, 0.3) is 0 Å². The van der Waals surface area contributed by atoms with Crippen LogP contribution in [-0.4, -0.2) is 47.0 Å². The highest BCUT2D eigenvalue weighted by Crippen LogP contribution is 2.52. The first kappa shape index (κ1) is 20.0. The maximum Gasteiger partial charge on any atom is 0.329 e. The second kappa shape index (κ2) is 7.51. The van der Waals surface area contributed by atoms with Crippen molar-refractivity contribution in [2.75, 3.05) is 11.9 Å². The molecule has 8 nitrogen and oxygen atoms in total. The number of amides is 3. The van der Waals surface area contributed by atoms with Crippen molar-refractivity contribution in [3.05, 3.63) is 42.0 Å². The van der Waals surface area contributed by atoms with Crippen LogP contribution in [-0.2, 0) is 23.9 Å². The van der Waals surface area contributed by atoms with Crippen molar-refractivity contribution >= 4 is 35.2 Å². The molecule has 2 fully saturated rings. The lowest BCUT2D eigenvalue weighted by Crippen LogP contribution is -2.45. The number of rotatable bonds is 6. The molecule has 8 heteroatoms. The smallest absolute Gasteiger partial charge is 0.329 e. The second-order valence-electron chi connectivity index (χ2n) is 8.01. The molecule has 1 saturated heterocycles. The van der Waals surface area contributed by atoms with Gasteiger partial charge in [-0.25, -0.2) is 4.79 Å². The number of carbonyl (C=O) groups excluding carboxylic acids is 5. The zero-order valence-electron chi connectivity index (χ0n) is 16.7. The van der Waals surface area contributed by atoms with E-state index in [1.54, 1.807) is 24.3 Å². The van der Waals surface area contributed by atoms with Gasteiger partial charge < -0.3 is 10.1 Å². The Hall–Kier alpha value is -3.29. The van der Waals surface area contributed by atoms with Crippen LogP contribution in [0.4, 0.5) is 5.69 Å². The van der Waals surface area contributed by atoms with Crippen LogP contribution in [0.2, 0.25) is 0 Å². The number of imide groups is 1. The third-order valence-electron chi connectivity index (χ3n) is 6.15. The highest BCUT2D eigenvalue weighted by Gasteiger charge is 2.60. The van der Waals surface area contributed by atoms with Crippen LogP contribution < -0.4 is 5.32 Å². The van der Waals surface area contributed by atoms with Crippen LogP contribution in [0.1, 0.15) is 30.6 Å². The molecule has 1 aliphatic heterocycles. The summed E-state index contributed by atoms with van der Waals surface area (Å²) in [5.41, 5.74) is 0.969. The number of hydrogen-bond acceptors (Lipinski definition) is 6. The largest absolute Gasteiger partial charge is 0.454 e. The molecule has 1 N–H and O–H groups in total. The minimum Gasteiger partial charge on any atom is -0.454 e. The fourth-order valence-corrected chi connectivity index (χ4v) is 4.66. The summed E-state index contributed by atoms with van der Waals surface area (Å²) in [7, 11) is 0. The van der Waals surface area contributed by atoms with E-state index < -0.39 is 24.5 Å². The maximum atomic E-state index is 12.7. The Bertz CT molecular complexity index is 936. The number of fused-ring (bicyclic) bond motifs is 5. The van der Waals surface area contributed by atoms with Gasteiger partial charge in [-0.3, -0.25) is 24.1 Å². The number of ketones is 1. The standard InChI is InChI=1S/C22H22N2O6/c1-11(24-20(27)18-14-3-4-15(9-14)19(18)21(24)28)22(29)30-10-17(26)23-16-7-5-13(6-8-16)12(2)25/h3-8,11,14-15,18-19H,9-10H2,1-2H3,(H,23,26)/t11-,14-,15-,18-,19+/m0/s1. The SMILES string of the molecule is CC(=O)c1ccc(NC(=O)COC(=O)[C@H](C)N2C(=O)[C@@H]3[C@H](C2=O)[C@H]2C=C[C@H]3C2)cc1. The molecule has 2 aliphatic carbocycles. The first-order valence-corrected chi connectivity index (χ1v) is 9.90. The number of esters is 1. The third kappa shape index (κ3) is 3.32. The highest BCUT2D eigenvalue weighted by atomic mass is 16.5. The van der Waals surface area contributed by atoms with E-state index in [0.29, 0.717) is 11.3 Å². The van der Waals surface area contributed by atoms with Gasteiger partial charge in [0.1, 0.15) is 6.04 Å². The van der Waals surface area contributed by atoms with Crippen molar-refractivity contribution in [3.63, 3.8) is 0 Å². The number of nitrogens with one attached hydrogen (secondary N) is 1. The zero-order valence-corrected chi connectivity index (χ0v) is 16.7. The van der Waals surface area contributed by atoms with E-state index in [2.05, 4.69) is 5.32 Å². The summed E-state index contributed by atoms with van der Waals surface area (Å²) in [5, 5.41) is 2.56. The fourth-order valence-electron chi connectivity index (χ4n) is 4.66. The number of nitrogens with zero attached hydrogens (tertiary/aromatic N) is 1. The third-order valence-corrected chi connectivity index (χ3v) is 6.15. The molecule has 0 spiro atoms. The monoisotopic (exact) mass is 410 g/mol. The minimum atomic E-state index is -1.09. The van der Waals surface area contributed by atoms with E-state index in [9.17, 15) is 24.0 Å². The molecule has 156 valence electrons. The molecule has 1 saturated carbocycles. The predicted molar refractivity (Wildman–Crippen MR) is 105 cm³/mol. The zero-order chi connectivity index (χ0) is 21.6. The lowest BCUT2D eigenvalue weighted by Gasteiger charge is -2.23. The summed E-state index contributed by atoms with van der Waals surface area (Å²) in [6.45, 7) is 2.33. The number of likely N-dealkylation sites (tertiary alicyclic amines) is 1. The van der Waals surface area contributed by atoms with Crippen molar-refractivity contribution in [1.82, 2.24) is 4.90 Å². The molecule has 5 atom stereocenters. The summed E-state index contributed by atoms with van der Waals surface area (Å²) in [4.78, 5) is 62.2. The van der Waals surface area contributed by atoms with Gasteiger partial charge in [-0.1, -0.05) is 12.2 Å². The van der Waals surface area contributed by atoms with Gasteiger partial charge in [0.2, 0.25) is 11.8 Å². The predicted octanol–water partition coefficient (Wildman–Crippen LogP) is 1.57. The Labute approximate surface area is 173 Å². The average Bonchev–Trinajstić information content (AvgIpc) is 3.40. The molecule has 0 radical (unpaired) electrons. The van der Waals surface area contributed by atoms with Crippen LogP contribution >= 0.6 is 0 Å². The van der Waals surface area contributed by atoms with Gasteiger partial charge in [0.05, 0.1) is 11.8 Å². The van der Waals surface area contributed by atoms with Crippen molar-refractivity contribution in [3.8, 4) is 0 Å². The van der Waals surface area contributed by atoms with E-state index >= 15 is 0 Å². The fraction of sp³-hybridized carbons (Fsp3) is 0.409. The average molecular weight is 410 g/mol. The van der Waals surface area contributed by atoms with Gasteiger partial charge in [0.15, 0.2) is 12.4 Å². The number of ether oxygens (including phenoxy) is 1. The molecular weight excluding hydrogens is 388 g/mol. The summed E-state index contributed by atoms with van der Waals surface area (Å²) >= 11 is 0. The minimum absolute atomic E-state index is 0.0600. The number of anilines is 1. The van der Waals surface area contributed by atoms with Crippen LogP contribution in [0.5, 0.6) is 0 Å². The normalized spacial score (nSPS) is 27.2. The van der Waals surface area contributed by atoms with E-state index in [0.717, 1.165) is 11.3 Å². The van der Waals surface area contributed by atoms with E-state index in [1.165, 1.54) is 13.8 Å². The number of carbonyl (C=O) groups is 5. The van der Waals surface area contributed by atoms with Crippen molar-refractivity contribution < 1.29 is 28.7 Å². The molecule has 3 aliphatic rings. The molecule has 0 aromatic heterocycles. The summed E-state index contributed by atoms with van der Waals surface area (Å²) in [5.74, 6) is -2.77. The Morgan fingerprint density at radius 2 is 1.63 bits per heavy atom. The van der Waals surface area contributed by atoms with Crippen LogP contribution in [0.15, 0.2) is 36.4 Å². The Balaban J connectivity index is 1.32. The molecule has 4 rings (SSSR count). The number of allylic oxidation sites excluding steroid dienone is 2. The molecule has 0 unspecified atom stereocenters. The Kier molecular flexibility index (Phi) is 5.01. The molecule has 1 heterocycles. The molecule has 1 aromatic carbocycles. The second-order valence-corrected chi connectivity index (χ2v) is 8.01. The van der Waals surface area contributed by atoms with Gasteiger partial charge >= 0.3 is 5.97 Å². The van der Waals surface area contributed by atoms with E-state index in [1.807, 2.05) is 12.2 Å². The van der Waals surface area contributed by atoms with Crippen molar-refractivity contribution in [2.24, 2.45) is 23.7 Å². The van der Waals surface area contributed by atoms with Crippen molar-refractivity contribution in [2.45, 2.75) is 26.3 Å². The molecule has 3 amide bonds. The van der Waals surface area contributed by atoms with Gasteiger partial charge in [0.25, 0.3) is 5.91 Å². The van der Waals surface area contributed by atoms with Gasteiger partial charge in [-0.2, -0.15) is 0 Å². The molecule has 30 heavy (non-hydrogen) atoms. The summed E-state index contributed by atoms with van der Waals surface area (Å²) in [6, 6.07) is 5.21. The number of hydrogen-bond donors (Lipinski definition) is 1. The number of Topliss-reactive ketones (excluding diaryl/α,β-unsaturated/α-hetero) is 1. The van der Waals surface area contributed by atoms with Gasteiger partial charge in [-0.15, -0.1) is 0 Å². The maximum absolute atomic E-state index is 12.7. The van der Waals surface area contributed by atoms with Gasteiger partial charge in [0, 0.05) is 11.3 Å². The van der Waals surface area contributed by atoms with E-state index in [-0.39, 0.29) is 41.3 Å². The Morgan fingerprint density at radius 3 is 2.17 bits per heavy atom. The molecule has 2 bridgehead atoms. The summed E-state index contributed by atoms with van der Waals surface area (Å²) < 4.78 is 5.03. The van der Waals surface area contributed by atoms with Crippen LogP contribution in [0, 0.1) is 23.7 Å². The number of benzene rings is 1. The lowest BCUT2D eigenvalue weighted by molar-refractivity contribution is -0.159. The first-order valence-electron chi connectivity index (χ1n) is 9.90. The summed E-state index contributed by atoms with van der Waals surface area (Å²) in [6.07, 6.45) is 4.78. The topological polar surface area (TPSA) is 110 Å². The molecule has 1 aromatic rings. The quantitative estimate of drug-likeness (QED) is 0.330. The van der Waals surface area contributed by atoms with Crippen LogP contribution in [0.3, 0.4) is 0 Å². The highest BCUT2D eigenvalue weighted by molar-refractivity contribution is 6.09. The Morgan fingerprint density at radius 1 is 1.07 bits per heavy atom. The lowest BCUT2D eigenvalue weighted by atomic mass is 9.85. The van der Waals surface area contributed by atoms with Gasteiger partial charge in [-0.05, 0) is 56.4 Å². The first-order chi connectivity index (χ1) is 14.3. The van der Waals surface area contributed by atoms with Crippen molar-refractivity contribution in [1.29, 1.82) is 0 Å².